The van der Waals surface area contributed by atoms with Gasteiger partial charge in [-0.2, -0.15) is 9.97 Å². The summed E-state index contributed by atoms with van der Waals surface area (Å²) in [4.78, 5) is 26.7. The lowest BCUT2D eigenvalue weighted by molar-refractivity contribution is -0.274. The molecule has 1 fully saturated rings. The van der Waals surface area contributed by atoms with Crippen molar-refractivity contribution in [3.63, 3.8) is 0 Å². The molecule has 14 heteroatoms. The molecule has 0 saturated carbocycles. The van der Waals surface area contributed by atoms with Gasteiger partial charge in [0, 0.05) is 6.20 Å². The van der Waals surface area contributed by atoms with Gasteiger partial charge in [0.2, 0.25) is 17.7 Å². The SMILES string of the molecule is C[C@H](Nc1nccc(N2C(=O)OCC2[C@@H](C)OC(C)(C)C)n1)c1nc(-c2ccccc2OC(F)(F)F)no1. The van der Waals surface area contributed by atoms with Crippen LogP contribution in [0.2, 0.25) is 0 Å². The fourth-order valence-electron chi connectivity index (χ4n) is 3.88. The Morgan fingerprint density at radius 3 is 2.58 bits per heavy atom. The molecule has 1 aliphatic heterocycles. The van der Waals surface area contributed by atoms with Crippen LogP contribution in [-0.4, -0.2) is 56.9 Å². The van der Waals surface area contributed by atoms with Crippen LogP contribution >= 0.6 is 0 Å². The van der Waals surface area contributed by atoms with Crippen LogP contribution in [0, 0.1) is 0 Å². The molecule has 204 valence electrons. The summed E-state index contributed by atoms with van der Waals surface area (Å²) in [5.41, 5.74) is -0.414. The minimum atomic E-state index is -4.88. The molecule has 1 amide bonds. The summed E-state index contributed by atoms with van der Waals surface area (Å²) < 4.78 is 58.9. The standard InChI is InChI=1S/C24H27F3N6O5/c1-13(20-31-19(32-38-20)15-8-6-7-9-17(15)37-24(25,26)27)29-21-28-11-10-18(30-21)33-16(12-35-22(33)34)14(2)36-23(3,4)5/h6-11,13-14,16H,12H2,1-5H3,(H,28,29,30)/t13-,14+,16?/m0/s1. The zero-order valence-corrected chi connectivity index (χ0v) is 21.3. The molecule has 0 aliphatic carbocycles. The maximum absolute atomic E-state index is 12.8. The van der Waals surface area contributed by atoms with Crippen LogP contribution in [0.3, 0.4) is 0 Å². The van der Waals surface area contributed by atoms with Crippen molar-refractivity contribution in [2.75, 3.05) is 16.8 Å². The van der Waals surface area contributed by atoms with E-state index >= 15 is 0 Å². The summed E-state index contributed by atoms with van der Waals surface area (Å²) >= 11 is 0. The first-order valence-electron chi connectivity index (χ1n) is 11.7. The number of para-hydroxylation sites is 1. The van der Waals surface area contributed by atoms with Crippen molar-refractivity contribution in [1.29, 1.82) is 0 Å². The van der Waals surface area contributed by atoms with E-state index in [0.29, 0.717) is 5.82 Å². The Labute approximate surface area is 216 Å². The van der Waals surface area contributed by atoms with E-state index in [-0.39, 0.29) is 35.9 Å². The van der Waals surface area contributed by atoms with E-state index in [0.717, 1.165) is 6.07 Å². The minimum absolute atomic E-state index is 0.00968. The molecular formula is C24H27F3N6O5. The molecule has 1 unspecified atom stereocenters. The Balaban J connectivity index is 1.50. The van der Waals surface area contributed by atoms with Gasteiger partial charge in [0.25, 0.3) is 0 Å². The van der Waals surface area contributed by atoms with Gasteiger partial charge in [0.05, 0.1) is 17.3 Å². The number of ether oxygens (including phenoxy) is 3. The number of amides is 1. The van der Waals surface area contributed by atoms with Crippen LogP contribution in [0.25, 0.3) is 11.4 Å². The second-order valence-electron chi connectivity index (χ2n) is 9.55. The molecule has 4 rings (SSSR count). The summed E-state index contributed by atoms with van der Waals surface area (Å²) in [6, 6.07) is 6.00. The fourth-order valence-corrected chi connectivity index (χ4v) is 3.88. The van der Waals surface area contributed by atoms with Gasteiger partial charge in [-0.15, -0.1) is 13.2 Å². The third-order valence-corrected chi connectivity index (χ3v) is 5.39. The normalized spacial score (nSPS) is 17.7. The maximum Gasteiger partial charge on any atom is 0.573 e. The van der Waals surface area contributed by atoms with Crippen molar-refractivity contribution < 1.29 is 36.7 Å². The molecule has 3 atom stereocenters. The number of benzene rings is 1. The van der Waals surface area contributed by atoms with Gasteiger partial charge >= 0.3 is 12.5 Å². The van der Waals surface area contributed by atoms with E-state index in [4.69, 9.17) is 14.0 Å². The number of aromatic nitrogens is 4. The number of halogens is 3. The van der Waals surface area contributed by atoms with E-state index in [1.54, 1.807) is 13.0 Å². The van der Waals surface area contributed by atoms with Gasteiger partial charge in [-0.1, -0.05) is 17.3 Å². The monoisotopic (exact) mass is 536 g/mol. The third kappa shape index (κ3) is 6.49. The van der Waals surface area contributed by atoms with Gasteiger partial charge in [-0.3, -0.25) is 4.90 Å². The first-order valence-corrected chi connectivity index (χ1v) is 11.7. The number of nitrogens with one attached hydrogen (secondary N) is 1. The molecule has 1 saturated heterocycles. The summed E-state index contributed by atoms with van der Waals surface area (Å²) in [5.74, 6) is -0.0183. The number of carbonyl (C=O) groups is 1. The predicted molar refractivity (Wildman–Crippen MR) is 128 cm³/mol. The van der Waals surface area contributed by atoms with Gasteiger partial charge in [0.1, 0.15) is 30.3 Å². The molecule has 3 heterocycles. The van der Waals surface area contributed by atoms with Crippen LogP contribution in [0.5, 0.6) is 5.75 Å². The molecule has 3 aromatic rings. The molecule has 1 aliphatic rings. The summed E-state index contributed by atoms with van der Waals surface area (Å²) in [6.07, 6.45) is -4.30. The molecule has 0 spiro atoms. The maximum atomic E-state index is 12.8. The van der Waals surface area contributed by atoms with Crippen molar-refractivity contribution in [2.24, 2.45) is 0 Å². The predicted octanol–water partition coefficient (Wildman–Crippen LogP) is 5.13. The number of cyclic esters (lactones) is 1. The lowest BCUT2D eigenvalue weighted by Crippen LogP contribution is -2.45. The smallest absolute Gasteiger partial charge is 0.447 e. The lowest BCUT2D eigenvalue weighted by Gasteiger charge is -2.31. The molecule has 0 bridgehead atoms. The summed E-state index contributed by atoms with van der Waals surface area (Å²) in [7, 11) is 0. The molecule has 0 radical (unpaired) electrons. The molecular weight excluding hydrogens is 509 g/mol. The number of rotatable bonds is 8. The molecule has 2 aromatic heterocycles. The zero-order chi connectivity index (χ0) is 27.7. The van der Waals surface area contributed by atoms with Crippen molar-refractivity contribution in [1.82, 2.24) is 20.1 Å². The van der Waals surface area contributed by atoms with Gasteiger partial charge < -0.3 is 24.1 Å². The number of hydrogen-bond donors (Lipinski definition) is 1. The van der Waals surface area contributed by atoms with Crippen molar-refractivity contribution in [2.45, 2.75) is 64.8 Å². The highest BCUT2D eigenvalue weighted by atomic mass is 19.4. The number of nitrogens with zero attached hydrogens (tertiary/aromatic N) is 5. The van der Waals surface area contributed by atoms with Crippen LogP contribution in [0.4, 0.5) is 29.7 Å². The minimum Gasteiger partial charge on any atom is -0.447 e. The van der Waals surface area contributed by atoms with Crippen molar-refractivity contribution in [3.8, 4) is 17.1 Å². The highest BCUT2D eigenvalue weighted by Gasteiger charge is 2.40. The topological polar surface area (TPSA) is 125 Å². The van der Waals surface area contributed by atoms with Gasteiger partial charge in [-0.25, -0.2) is 9.78 Å². The van der Waals surface area contributed by atoms with E-state index in [1.807, 2.05) is 27.7 Å². The Bertz CT molecular complexity index is 1280. The first-order chi connectivity index (χ1) is 17.8. The molecule has 38 heavy (non-hydrogen) atoms. The average Bonchev–Trinajstić information content (AvgIpc) is 3.45. The fraction of sp³-hybridized carbons (Fsp3) is 0.458. The number of anilines is 2. The second-order valence-corrected chi connectivity index (χ2v) is 9.55. The Hall–Kier alpha value is -3.94. The summed E-state index contributed by atoms with van der Waals surface area (Å²) in [6.45, 7) is 9.44. The van der Waals surface area contributed by atoms with E-state index in [9.17, 15) is 18.0 Å². The third-order valence-electron chi connectivity index (χ3n) is 5.39. The Kier molecular flexibility index (Phi) is 7.44. The Morgan fingerprint density at radius 1 is 1.13 bits per heavy atom. The van der Waals surface area contributed by atoms with Crippen LogP contribution < -0.4 is 15.0 Å². The second kappa shape index (κ2) is 10.4. The average molecular weight is 537 g/mol. The molecule has 1 aromatic carbocycles. The van der Waals surface area contributed by atoms with Gasteiger partial charge in [0.15, 0.2) is 0 Å². The zero-order valence-electron chi connectivity index (χ0n) is 21.3. The van der Waals surface area contributed by atoms with Crippen LogP contribution in [-0.2, 0) is 9.47 Å². The first kappa shape index (κ1) is 27.1. The largest absolute Gasteiger partial charge is 0.573 e. The lowest BCUT2D eigenvalue weighted by atomic mass is 10.1. The summed E-state index contributed by atoms with van der Waals surface area (Å²) in [5, 5.41) is 6.79. The van der Waals surface area contributed by atoms with E-state index < -0.39 is 35.9 Å². The quantitative estimate of drug-likeness (QED) is 0.414. The van der Waals surface area contributed by atoms with E-state index in [1.165, 1.54) is 29.3 Å². The van der Waals surface area contributed by atoms with Crippen molar-refractivity contribution >= 4 is 17.9 Å². The molecule has 11 nitrogen and oxygen atoms in total. The highest BCUT2D eigenvalue weighted by molar-refractivity contribution is 5.89. The molecule has 1 N–H and O–H groups in total. The van der Waals surface area contributed by atoms with E-state index in [2.05, 4.69) is 30.2 Å². The number of hydrogen-bond acceptors (Lipinski definition) is 10. The number of carbonyl (C=O) groups excluding carboxylic acids is 1. The van der Waals surface area contributed by atoms with Crippen molar-refractivity contribution in [3.05, 3.63) is 42.4 Å². The van der Waals surface area contributed by atoms with Crippen LogP contribution in [0.15, 0.2) is 41.1 Å². The Morgan fingerprint density at radius 2 is 1.87 bits per heavy atom. The van der Waals surface area contributed by atoms with Crippen LogP contribution in [0.1, 0.15) is 46.6 Å². The highest BCUT2D eigenvalue weighted by Crippen LogP contribution is 2.33. The number of alkyl halides is 3. The van der Waals surface area contributed by atoms with Gasteiger partial charge in [-0.05, 0) is 52.8 Å².